The summed E-state index contributed by atoms with van der Waals surface area (Å²) in [5.74, 6) is -0.350. The van der Waals surface area contributed by atoms with Crippen molar-refractivity contribution < 1.29 is 13.2 Å². The molecule has 0 aliphatic heterocycles. The molecular weight excluding hydrogens is 432 g/mol. The fourth-order valence-corrected chi connectivity index (χ4v) is 5.12. The predicted octanol–water partition coefficient (Wildman–Crippen LogP) is 5.38. The molecule has 1 atom stereocenters. The van der Waals surface area contributed by atoms with Gasteiger partial charge in [-0.2, -0.15) is 0 Å². The average Bonchev–Trinajstić information content (AvgIpc) is 2.78. The van der Waals surface area contributed by atoms with Crippen LogP contribution < -0.4 is 9.62 Å². The molecule has 33 heavy (non-hydrogen) atoms. The molecule has 0 aliphatic rings. The molecule has 3 rings (SSSR count). The predicted molar refractivity (Wildman–Crippen MR) is 134 cm³/mol. The highest BCUT2D eigenvalue weighted by Crippen LogP contribution is 2.25. The first kappa shape index (κ1) is 24.5. The maximum Gasteiger partial charge on any atom is 0.264 e. The Morgan fingerprint density at radius 3 is 2.18 bits per heavy atom. The first-order valence-electron chi connectivity index (χ1n) is 11.1. The molecule has 0 aromatic heterocycles. The Bertz CT molecular complexity index is 1230. The van der Waals surface area contributed by atoms with Gasteiger partial charge in [0.2, 0.25) is 5.91 Å². The van der Waals surface area contributed by atoms with Gasteiger partial charge in [0.05, 0.1) is 16.6 Å². The van der Waals surface area contributed by atoms with Crippen molar-refractivity contribution >= 4 is 21.6 Å². The van der Waals surface area contributed by atoms with Gasteiger partial charge in [0.25, 0.3) is 10.0 Å². The average molecular weight is 465 g/mol. The maximum absolute atomic E-state index is 13.5. The first-order chi connectivity index (χ1) is 15.6. The fourth-order valence-electron chi connectivity index (χ4n) is 3.71. The topological polar surface area (TPSA) is 66.5 Å². The summed E-state index contributed by atoms with van der Waals surface area (Å²) in [6, 6.07) is 19.8. The Morgan fingerprint density at radius 2 is 1.58 bits per heavy atom. The zero-order valence-corrected chi connectivity index (χ0v) is 20.7. The van der Waals surface area contributed by atoms with Gasteiger partial charge >= 0.3 is 0 Å². The zero-order chi connectivity index (χ0) is 24.2. The molecule has 0 aliphatic carbocycles. The van der Waals surface area contributed by atoms with E-state index in [4.69, 9.17) is 0 Å². The molecule has 0 bridgehead atoms. The van der Waals surface area contributed by atoms with E-state index < -0.39 is 10.0 Å². The third kappa shape index (κ3) is 5.82. The van der Waals surface area contributed by atoms with Crippen molar-refractivity contribution in [1.29, 1.82) is 0 Å². The molecule has 0 saturated heterocycles. The number of hydrogen-bond acceptors (Lipinski definition) is 3. The van der Waals surface area contributed by atoms with Crippen LogP contribution in [0.2, 0.25) is 0 Å². The zero-order valence-electron chi connectivity index (χ0n) is 19.9. The van der Waals surface area contributed by atoms with Gasteiger partial charge in [-0.3, -0.25) is 9.10 Å². The first-order valence-corrected chi connectivity index (χ1v) is 12.6. The number of carbonyl (C=O) groups excluding carboxylic acids is 1. The molecule has 6 heteroatoms. The second-order valence-electron chi connectivity index (χ2n) is 8.54. The lowest BCUT2D eigenvalue weighted by Gasteiger charge is -2.26. The van der Waals surface area contributed by atoms with E-state index in [1.807, 2.05) is 52.8 Å². The van der Waals surface area contributed by atoms with Crippen LogP contribution in [0, 0.1) is 27.7 Å². The Hall–Kier alpha value is -3.12. The van der Waals surface area contributed by atoms with Gasteiger partial charge in [-0.15, -0.1) is 0 Å². The minimum atomic E-state index is -3.93. The van der Waals surface area contributed by atoms with Crippen molar-refractivity contribution in [1.82, 2.24) is 5.32 Å². The fraction of sp³-hybridized carbons (Fsp3) is 0.296. The summed E-state index contributed by atoms with van der Waals surface area (Å²) in [7, 11) is -3.93. The van der Waals surface area contributed by atoms with Gasteiger partial charge in [-0.05, 0) is 80.6 Å². The molecule has 0 spiro atoms. The van der Waals surface area contributed by atoms with E-state index in [-0.39, 0.29) is 23.4 Å². The van der Waals surface area contributed by atoms with Crippen molar-refractivity contribution in [3.8, 4) is 0 Å². The van der Waals surface area contributed by atoms with E-state index in [1.165, 1.54) is 9.87 Å². The number of carbonyl (C=O) groups is 1. The minimum absolute atomic E-state index is 0.156. The maximum atomic E-state index is 13.5. The Kier molecular flexibility index (Phi) is 7.59. The number of sulfonamides is 1. The summed E-state index contributed by atoms with van der Waals surface area (Å²) < 4.78 is 28.3. The van der Waals surface area contributed by atoms with Crippen molar-refractivity contribution in [2.75, 3.05) is 10.8 Å². The van der Waals surface area contributed by atoms with Gasteiger partial charge in [-0.25, -0.2) is 8.42 Å². The van der Waals surface area contributed by atoms with Gasteiger partial charge in [0, 0.05) is 0 Å². The second-order valence-corrected chi connectivity index (χ2v) is 10.4. The highest BCUT2D eigenvalue weighted by atomic mass is 32.2. The van der Waals surface area contributed by atoms with E-state index in [0.29, 0.717) is 12.1 Å². The normalized spacial score (nSPS) is 12.3. The van der Waals surface area contributed by atoms with Crippen LogP contribution in [-0.2, 0) is 14.8 Å². The van der Waals surface area contributed by atoms with Crippen LogP contribution in [0.5, 0.6) is 0 Å². The Balaban J connectivity index is 1.91. The number of amides is 1. The molecule has 174 valence electrons. The van der Waals surface area contributed by atoms with E-state index >= 15 is 0 Å². The van der Waals surface area contributed by atoms with E-state index in [9.17, 15) is 13.2 Å². The number of nitrogens with zero attached hydrogens (tertiary/aromatic N) is 1. The number of aryl methyl sites for hydroxylation is 4. The van der Waals surface area contributed by atoms with Crippen LogP contribution in [0.4, 0.5) is 5.69 Å². The monoisotopic (exact) mass is 464 g/mol. The molecule has 0 heterocycles. The van der Waals surface area contributed by atoms with Crippen molar-refractivity contribution in [2.45, 2.75) is 52.0 Å². The number of rotatable bonds is 8. The van der Waals surface area contributed by atoms with Crippen LogP contribution in [-0.4, -0.2) is 20.9 Å². The quantitative estimate of drug-likeness (QED) is 0.486. The molecule has 0 fully saturated rings. The molecule has 0 saturated carbocycles. The van der Waals surface area contributed by atoms with E-state index in [0.717, 1.165) is 22.3 Å². The SMILES string of the molecule is CCC(NC(=O)CN(c1cccc(C)c1)S(=O)(=O)c1ccc(C)cc1)c1ccc(C)c(C)c1. The molecule has 5 nitrogen and oxygen atoms in total. The van der Waals surface area contributed by atoms with E-state index in [2.05, 4.69) is 11.4 Å². The number of nitrogens with one attached hydrogen (secondary N) is 1. The lowest BCUT2D eigenvalue weighted by atomic mass is 9.99. The summed E-state index contributed by atoms with van der Waals surface area (Å²) in [5, 5.41) is 3.03. The highest BCUT2D eigenvalue weighted by Gasteiger charge is 2.28. The Labute approximate surface area is 197 Å². The van der Waals surface area contributed by atoms with Crippen LogP contribution in [0.1, 0.15) is 47.2 Å². The number of benzene rings is 3. The summed E-state index contributed by atoms with van der Waals surface area (Å²) in [6.45, 7) is 9.59. The molecule has 1 N–H and O–H groups in total. The molecule has 3 aromatic carbocycles. The van der Waals surface area contributed by atoms with Gasteiger partial charge in [0.15, 0.2) is 0 Å². The smallest absolute Gasteiger partial charge is 0.264 e. The third-order valence-corrected chi connectivity index (χ3v) is 7.65. The molecule has 1 amide bonds. The highest BCUT2D eigenvalue weighted by molar-refractivity contribution is 7.92. The van der Waals surface area contributed by atoms with Crippen LogP contribution in [0.25, 0.3) is 0 Å². The van der Waals surface area contributed by atoms with Crippen molar-refractivity contribution in [3.05, 3.63) is 94.5 Å². The summed E-state index contributed by atoms with van der Waals surface area (Å²) >= 11 is 0. The number of hydrogen-bond donors (Lipinski definition) is 1. The second kappa shape index (κ2) is 10.2. The third-order valence-electron chi connectivity index (χ3n) is 5.86. The summed E-state index contributed by atoms with van der Waals surface area (Å²) in [6.07, 6.45) is 0.698. The molecule has 0 radical (unpaired) electrons. The molecule has 3 aromatic rings. The van der Waals surface area contributed by atoms with Gasteiger partial charge < -0.3 is 5.32 Å². The van der Waals surface area contributed by atoms with Crippen molar-refractivity contribution in [2.24, 2.45) is 0 Å². The van der Waals surface area contributed by atoms with Crippen LogP contribution >= 0.6 is 0 Å². The van der Waals surface area contributed by atoms with Gasteiger partial charge in [0.1, 0.15) is 6.54 Å². The molecular formula is C27H32N2O3S. The lowest BCUT2D eigenvalue weighted by molar-refractivity contribution is -0.120. The van der Waals surface area contributed by atoms with Gasteiger partial charge in [-0.1, -0.05) is 55.0 Å². The largest absolute Gasteiger partial charge is 0.348 e. The summed E-state index contributed by atoms with van der Waals surface area (Å²) in [5.41, 5.74) is 5.70. The van der Waals surface area contributed by atoms with Crippen LogP contribution in [0.3, 0.4) is 0 Å². The van der Waals surface area contributed by atoms with E-state index in [1.54, 1.807) is 42.5 Å². The lowest BCUT2D eigenvalue weighted by Crippen LogP contribution is -2.42. The van der Waals surface area contributed by atoms with Crippen LogP contribution in [0.15, 0.2) is 71.6 Å². The number of anilines is 1. The standard InChI is InChI=1S/C27H32N2O3S/c1-6-26(23-13-12-21(4)22(5)17-23)28-27(30)18-29(24-9-7-8-20(3)16-24)33(31,32)25-14-10-19(2)11-15-25/h7-17,26H,6,18H2,1-5H3,(H,28,30). The molecule has 1 unspecified atom stereocenters. The minimum Gasteiger partial charge on any atom is -0.348 e. The van der Waals surface area contributed by atoms with Crippen molar-refractivity contribution in [3.63, 3.8) is 0 Å². The summed E-state index contributed by atoms with van der Waals surface area (Å²) in [4.78, 5) is 13.3. The Morgan fingerprint density at radius 1 is 0.879 bits per heavy atom.